The smallest absolute Gasteiger partial charge is 0.272 e. The number of amides is 1. The van der Waals surface area contributed by atoms with Gasteiger partial charge in [-0.2, -0.15) is 0 Å². The average molecular weight is 304 g/mol. The third-order valence-corrected chi connectivity index (χ3v) is 4.06. The highest BCUT2D eigenvalue weighted by Crippen LogP contribution is 2.27. The number of aromatic nitrogens is 1. The molecule has 3 rings (SSSR count). The van der Waals surface area contributed by atoms with Crippen molar-refractivity contribution >= 4 is 16.7 Å². The van der Waals surface area contributed by atoms with Crippen LogP contribution in [-0.2, 0) is 0 Å². The topological polar surface area (TPSA) is 33.2 Å². The maximum absolute atomic E-state index is 12.7. The summed E-state index contributed by atoms with van der Waals surface area (Å²) in [5.74, 6) is -0.0158. The summed E-state index contributed by atoms with van der Waals surface area (Å²) >= 11 is 0. The van der Waals surface area contributed by atoms with Crippen molar-refractivity contribution in [2.75, 3.05) is 13.1 Å². The number of carbonyl (C=O) groups is 1. The van der Waals surface area contributed by atoms with Gasteiger partial charge in [0, 0.05) is 24.0 Å². The molecule has 0 saturated carbocycles. The number of fused-ring (bicyclic) bond motifs is 1. The third kappa shape index (κ3) is 2.95. The highest BCUT2D eigenvalue weighted by molar-refractivity contribution is 6.01. The zero-order valence-electron chi connectivity index (χ0n) is 13.5. The molecule has 1 amide bonds. The van der Waals surface area contributed by atoms with Crippen LogP contribution in [0, 0.1) is 0 Å². The number of carbonyl (C=O) groups excluding carboxylic acids is 1. The van der Waals surface area contributed by atoms with E-state index in [-0.39, 0.29) is 5.91 Å². The summed E-state index contributed by atoms with van der Waals surface area (Å²) in [6.07, 6.45) is 0. The highest BCUT2D eigenvalue weighted by Gasteiger charge is 2.17. The van der Waals surface area contributed by atoms with E-state index >= 15 is 0 Å². The van der Waals surface area contributed by atoms with Gasteiger partial charge in [-0.05, 0) is 25.3 Å². The van der Waals surface area contributed by atoms with Crippen LogP contribution in [0.25, 0.3) is 22.0 Å². The van der Waals surface area contributed by atoms with Gasteiger partial charge in [-0.3, -0.25) is 4.79 Å². The van der Waals surface area contributed by atoms with Crippen LogP contribution in [0.3, 0.4) is 0 Å². The molecule has 0 atom stereocenters. The first-order valence-electron chi connectivity index (χ1n) is 7.99. The van der Waals surface area contributed by atoms with Crippen LogP contribution >= 0.6 is 0 Å². The van der Waals surface area contributed by atoms with Gasteiger partial charge in [-0.25, -0.2) is 4.98 Å². The summed E-state index contributed by atoms with van der Waals surface area (Å²) in [4.78, 5) is 19.2. The Hall–Kier alpha value is -2.68. The Kier molecular flexibility index (Phi) is 4.38. The van der Waals surface area contributed by atoms with Crippen molar-refractivity contribution in [2.45, 2.75) is 13.8 Å². The second kappa shape index (κ2) is 6.61. The molecule has 0 saturated heterocycles. The lowest BCUT2D eigenvalue weighted by atomic mass is 10.0. The number of nitrogens with zero attached hydrogens (tertiary/aromatic N) is 2. The van der Waals surface area contributed by atoms with E-state index in [0.717, 1.165) is 22.0 Å². The molecule has 0 bridgehead atoms. The molecule has 3 aromatic rings. The molecule has 0 radical (unpaired) electrons. The van der Waals surface area contributed by atoms with E-state index < -0.39 is 0 Å². The molecule has 0 aliphatic heterocycles. The highest BCUT2D eigenvalue weighted by atomic mass is 16.2. The van der Waals surface area contributed by atoms with E-state index in [1.165, 1.54) is 0 Å². The molecular formula is C20H20N2O. The second-order valence-electron chi connectivity index (χ2n) is 5.42. The monoisotopic (exact) mass is 304 g/mol. The first-order chi connectivity index (χ1) is 11.2. The minimum Gasteiger partial charge on any atom is -0.338 e. The quantitative estimate of drug-likeness (QED) is 0.716. The summed E-state index contributed by atoms with van der Waals surface area (Å²) in [6, 6.07) is 20.0. The Labute approximate surface area is 136 Å². The minimum absolute atomic E-state index is 0.0158. The Morgan fingerprint density at radius 3 is 2.30 bits per heavy atom. The summed E-state index contributed by atoms with van der Waals surface area (Å²) in [5, 5.41) is 2.10. The lowest BCUT2D eigenvalue weighted by Crippen LogP contribution is -2.31. The van der Waals surface area contributed by atoms with Gasteiger partial charge < -0.3 is 4.90 Å². The van der Waals surface area contributed by atoms with Gasteiger partial charge in [0.1, 0.15) is 5.69 Å². The lowest BCUT2D eigenvalue weighted by Gasteiger charge is -2.19. The molecular weight excluding hydrogens is 284 g/mol. The number of hydrogen-bond acceptors (Lipinski definition) is 2. The minimum atomic E-state index is -0.0158. The largest absolute Gasteiger partial charge is 0.338 e. The molecule has 0 N–H and O–H groups in total. The Morgan fingerprint density at radius 2 is 1.61 bits per heavy atom. The molecule has 116 valence electrons. The maximum atomic E-state index is 12.7. The lowest BCUT2D eigenvalue weighted by molar-refractivity contribution is 0.0767. The van der Waals surface area contributed by atoms with Crippen molar-refractivity contribution in [3.63, 3.8) is 0 Å². The van der Waals surface area contributed by atoms with Gasteiger partial charge in [0.2, 0.25) is 0 Å². The molecule has 23 heavy (non-hydrogen) atoms. The summed E-state index contributed by atoms with van der Waals surface area (Å²) in [7, 11) is 0. The number of hydrogen-bond donors (Lipinski definition) is 0. The van der Waals surface area contributed by atoms with Gasteiger partial charge >= 0.3 is 0 Å². The van der Waals surface area contributed by atoms with Gasteiger partial charge in [-0.1, -0.05) is 54.6 Å². The first-order valence-corrected chi connectivity index (χ1v) is 7.99. The van der Waals surface area contributed by atoms with Gasteiger partial charge in [0.25, 0.3) is 5.91 Å². The van der Waals surface area contributed by atoms with Crippen LogP contribution in [-0.4, -0.2) is 28.9 Å². The number of rotatable bonds is 4. The van der Waals surface area contributed by atoms with Crippen LogP contribution in [0.2, 0.25) is 0 Å². The van der Waals surface area contributed by atoms with Crippen LogP contribution in [0.1, 0.15) is 24.3 Å². The van der Waals surface area contributed by atoms with E-state index in [1.807, 2.05) is 68.4 Å². The average Bonchev–Trinajstić information content (AvgIpc) is 2.62. The van der Waals surface area contributed by atoms with Gasteiger partial charge in [0.15, 0.2) is 0 Å². The number of benzene rings is 2. The van der Waals surface area contributed by atoms with Crippen LogP contribution in [0.4, 0.5) is 0 Å². The van der Waals surface area contributed by atoms with Crippen molar-refractivity contribution in [3.8, 4) is 11.3 Å². The Bertz CT molecular complexity index is 823. The number of pyridine rings is 1. The molecule has 0 fully saturated rings. The maximum Gasteiger partial charge on any atom is 0.272 e. The van der Waals surface area contributed by atoms with Gasteiger partial charge in [0.05, 0.1) is 5.69 Å². The first kappa shape index (κ1) is 15.2. The van der Waals surface area contributed by atoms with E-state index in [0.29, 0.717) is 18.8 Å². The fourth-order valence-corrected chi connectivity index (χ4v) is 2.80. The summed E-state index contributed by atoms with van der Waals surface area (Å²) in [6.45, 7) is 5.34. The zero-order chi connectivity index (χ0) is 16.2. The van der Waals surface area contributed by atoms with E-state index in [2.05, 4.69) is 6.07 Å². The Balaban J connectivity index is 2.20. The van der Waals surface area contributed by atoms with Crippen molar-refractivity contribution in [1.29, 1.82) is 0 Å². The van der Waals surface area contributed by atoms with E-state index in [9.17, 15) is 4.79 Å². The van der Waals surface area contributed by atoms with Crippen molar-refractivity contribution in [3.05, 3.63) is 66.4 Å². The molecule has 1 aromatic heterocycles. The fraction of sp³-hybridized carbons (Fsp3) is 0.200. The van der Waals surface area contributed by atoms with E-state index in [4.69, 9.17) is 4.98 Å². The van der Waals surface area contributed by atoms with Gasteiger partial charge in [-0.15, -0.1) is 0 Å². The molecule has 0 aliphatic carbocycles. The molecule has 0 aliphatic rings. The molecule has 3 nitrogen and oxygen atoms in total. The van der Waals surface area contributed by atoms with Crippen molar-refractivity contribution in [1.82, 2.24) is 9.88 Å². The zero-order valence-corrected chi connectivity index (χ0v) is 13.5. The van der Waals surface area contributed by atoms with Crippen molar-refractivity contribution in [2.24, 2.45) is 0 Å². The Morgan fingerprint density at radius 1 is 0.957 bits per heavy atom. The second-order valence-corrected chi connectivity index (χ2v) is 5.42. The standard InChI is InChI=1S/C20H20N2O/c1-3-22(4-2)20(23)18-14-16-12-8-9-13-17(16)19(21-18)15-10-6-5-7-11-15/h5-14H,3-4H2,1-2H3. The molecule has 1 heterocycles. The van der Waals surface area contributed by atoms with Crippen LogP contribution in [0.5, 0.6) is 0 Å². The SMILES string of the molecule is CCN(CC)C(=O)c1cc2ccccc2c(-c2ccccc2)n1. The van der Waals surface area contributed by atoms with E-state index in [1.54, 1.807) is 4.90 Å². The van der Waals surface area contributed by atoms with Crippen LogP contribution < -0.4 is 0 Å². The summed E-state index contributed by atoms with van der Waals surface area (Å²) in [5.41, 5.74) is 2.39. The molecule has 3 heteroatoms. The molecule has 0 spiro atoms. The normalized spacial score (nSPS) is 10.7. The summed E-state index contributed by atoms with van der Waals surface area (Å²) < 4.78 is 0. The predicted octanol–water partition coefficient (Wildman–Crippen LogP) is 4.38. The van der Waals surface area contributed by atoms with Crippen molar-refractivity contribution < 1.29 is 4.79 Å². The molecule has 2 aromatic carbocycles. The third-order valence-electron chi connectivity index (χ3n) is 4.06. The molecule has 0 unspecified atom stereocenters. The van der Waals surface area contributed by atoms with Crippen LogP contribution in [0.15, 0.2) is 60.7 Å². The fourth-order valence-electron chi connectivity index (χ4n) is 2.80. The predicted molar refractivity (Wildman–Crippen MR) is 94.4 cm³/mol.